The van der Waals surface area contributed by atoms with Gasteiger partial charge < -0.3 is 18.9 Å². The molecule has 0 spiro atoms. The van der Waals surface area contributed by atoms with Crippen LogP contribution in [0.1, 0.15) is 34.6 Å². The van der Waals surface area contributed by atoms with Crippen LogP contribution in [0, 0.1) is 0 Å². The van der Waals surface area contributed by atoms with E-state index in [2.05, 4.69) is 10.1 Å². The number of carbonyl (C=O) groups excluding carboxylic acids is 5. The van der Waals surface area contributed by atoms with Crippen molar-refractivity contribution >= 4 is 64.3 Å². The van der Waals surface area contributed by atoms with Crippen LogP contribution in [0.15, 0.2) is 35.4 Å². The van der Waals surface area contributed by atoms with E-state index in [4.69, 9.17) is 30.5 Å². The number of halogens is 1. The van der Waals surface area contributed by atoms with Crippen LogP contribution in [-0.4, -0.2) is 65.9 Å². The van der Waals surface area contributed by atoms with E-state index in [-0.39, 0.29) is 5.82 Å². The number of carbonyl (C=O) groups is 5. The second-order valence-corrected chi connectivity index (χ2v) is 8.14. The van der Waals surface area contributed by atoms with Crippen molar-refractivity contribution in [2.45, 2.75) is 52.9 Å². The molecule has 1 aromatic heterocycles. The molecule has 1 aromatic carbocycles. The molecule has 0 radical (unpaired) electrons. The highest BCUT2D eigenvalue weighted by molar-refractivity contribution is 6.31. The maximum absolute atomic E-state index is 12.4. The molecule has 0 aliphatic rings. The highest BCUT2D eigenvalue weighted by atomic mass is 35.5. The summed E-state index contributed by atoms with van der Waals surface area (Å²) >= 11 is 6.01. The van der Waals surface area contributed by atoms with Gasteiger partial charge in [0.15, 0.2) is 24.1 Å². The number of fused-ring (bicyclic) bond motifs is 1. The summed E-state index contributed by atoms with van der Waals surface area (Å²) in [6.45, 7) is 5.13. The van der Waals surface area contributed by atoms with Gasteiger partial charge in [-0.25, -0.2) is 4.98 Å². The molecule has 0 N–H and O–H groups in total. The Hall–Kier alpha value is -4.06. The lowest BCUT2D eigenvalue weighted by molar-refractivity contribution is -0.183. The van der Waals surface area contributed by atoms with Crippen LogP contribution in [0.2, 0.25) is 5.02 Å². The Bertz CT molecular complexity index is 1220. The van der Waals surface area contributed by atoms with Crippen LogP contribution in [-0.2, 0) is 42.9 Å². The predicted octanol–water partition coefficient (Wildman–Crippen LogP) is 2.59. The van der Waals surface area contributed by atoms with Gasteiger partial charge >= 0.3 is 23.9 Å². The Labute approximate surface area is 217 Å². The number of hydrazone groups is 1. The van der Waals surface area contributed by atoms with Crippen molar-refractivity contribution in [2.75, 3.05) is 11.6 Å². The quantitative estimate of drug-likeness (QED) is 0.192. The van der Waals surface area contributed by atoms with E-state index >= 15 is 0 Å². The molecule has 12 nitrogen and oxygen atoms in total. The van der Waals surface area contributed by atoms with E-state index in [1.165, 1.54) is 13.0 Å². The van der Waals surface area contributed by atoms with Crippen LogP contribution < -0.4 is 5.01 Å². The number of amides is 1. The Kier molecular flexibility index (Phi) is 10.5. The highest BCUT2D eigenvalue weighted by Crippen LogP contribution is 2.22. The normalized spacial score (nSPS) is 13.4. The minimum absolute atomic E-state index is 0.139. The van der Waals surface area contributed by atoms with Crippen LogP contribution >= 0.6 is 11.6 Å². The molecule has 37 heavy (non-hydrogen) atoms. The minimum Gasteiger partial charge on any atom is -0.462 e. The summed E-state index contributed by atoms with van der Waals surface area (Å²) in [5, 5.41) is 6.28. The van der Waals surface area contributed by atoms with E-state index in [0.717, 1.165) is 44.3 Å². The zero-order valence-corrected chi connectivity index (χ0v) is 21.6. The molecule has 0 bridgehead atoms. The lowest BCUT2D eigenvalue weighted by atomic mass is 10.1. The van der Waals surface area contributed by atoms with E-state index in [0.29, 0.717) is 10.5 Å². The summed E-state index contributed by atoms with van der Waals surface area (Å²) in [5.41, 5.74) is 0.536. The number of hydrogen-bond donors (Lipinski definition) is 0. The van der Waals surface area contributed by atoms with Crippen molar-refractivity contribution in [1.29, 1.82) is 0 Å². The van der Waals surface area contributed by atoms with Gasteiger partial charge in [-0.2, -0.15) is 10.1 Å². The van der Waals surface area contributed by atoms with E-state index < -0.39 is 54.7 Å². The van der Waals surface area contributed by atoms with Crippen molar-refractivity contribution in [3.05, 3.63) is 35.4 Å². The van der Waals surface area contributed by atoms with Gasteiger partial charge in [0.25, 0.3) is 0 Å². The summed E-state index contributed by atoms with van der Waals surface area (Å²) in [4.78, 5) is 63.6. The summed E-state index contributed by atoms with van der Waals surface area (Å²) in [5.74, 6) is -3.48. The topological polar surface area (TPSA) is 151 Å². The third kappa shape index (κ3) is 9.15. The summed E-state index contributed by atoms with van der Waals surface area (Å²) in [6, 6.07) is 8.23. The smallest absolute Gasteiger partial charge is 0.303 e. The Balaban J connectivity index is 2.49. The van der Waals surface area contributed by atoms with E-state index in [1.54, 1.807) is 24.3 Å². The largest absolute Gasteiger partial charge is 0.462 e. The maximum atomic E-state index is 12.4. The molecular formula is C24H26ClN3O9. The average Bonchev–Trinajstić information content (AvgIpc) is 2.78. The van der Waals surface area contributed by atoms with Crippen molar-refractivity contribution in [3.8, 4) is 0 Å². The average molecular weight is 536 g/mol. The SMILES string of the molecule is CC(=O)OC[C@@H](OC(C)=O)[C@H](OC(C)=O)[C@H](/C=N/N(C(C)=O)c1ccc2cc(Cl)ccc2n1)OC(C)=O. The fourth-order valence-electron chi connectivity index (χ4n) is 3.17. The minimum atomic E-state index is -1.48. The van der Waals surface area contributed by atoms with Gasteiger partial charge in [-0.3, -0.25) is 24.0 Å². The van der Waals surface area contributed by atoms with E-state index in [9.17, 15) is 24.0 Å². The molecule has 0 saturated heterocycles. The Morgan fingerprint density at radius 3 is 2.14 bits per heavy atom. The molecule has 0 fully saturated rings. The number of aromatic nitrogens is 1. The van der Waals surface area contributed by atoms with Gasteiger partial charge in [-0.05, 0) is 30.3 Å². The molecular weight excluding hydrogens is 510 g/mol. The number of benzene rings is 1. The van der Waals surface area contributed by atoms with Gasteiger partial charge in [-0.1, -0.05) is 11.6 Å². The first-order valence-corrected chi connectivity index (χ1v) is 11.3. The standard InChI is InChI=1S/C24H26ClN3O9/c1-13(29)28(23-9-6-18-10-19(25)7-8-20(18)27-23)26-11-21(35-15(3)31)24(37-17(5)33)22(36-16(4)32)12-34-14(2)30/h6-11,21-22,24H,12H2,1-5H3/b26-11+/t21-,22+,24+/m0/s1. The number of pyridine rings is 1. The van der Waals surface area contributed by atoms with Gasteiger partial charge in [0.2, 0.25) is 5.91 Å². The Morgan fingerprint density at radius 1 is 0.919 bits per heavy atom. The number of ether oxygens (including phenoxy) is 4. The second kappa shape index (κ2) is 13.3. The number of rotatable bonds is 10. The lowest BCUT2D eigenvalue weighted by Crippen LogP contribution is -2.48. The predicted molar refractivity (Wildman–Crippen MR) is 132 cm³/mol. The zero-order valence-electron chi connectivity index (χ0n) is 20.8. The van der Waals surface area contributed by atoms with Gasteiger partial charge in [0.1, 0.15) is 6.61 Å². The molecule has 2 aromatic rings. The number of nitrogens with zero attached hydrogens (tertiary/aromatic N) is 3. The highest BCUT2D eigenvalue weighted by Gasteiger charge is 2.37. The molecule has 0 aliphatic carbocycles. The van der Waals surface area contributed by atoms with Crippen LogP contribution in [0.25, 0.3) is 10.9 Å². The fourth-order valence-corrected chi connectivity index (χ4v) is 3.35. The zero-order chi connectivity index (χ0) is 27.7. The molecule has 1 heterocycles. The number of anilines is 1. The number of esters is 4. The molecule has 0 unspecified atom stereocenters. The third-order valence-electron chi connectivity index (χ3n) is 4.54. The summed E-state index contributed by atoms with van der Waals surface area (Å²) in [6.07, 6.45) is -3.28. The van der Waals surface area contributed by atoms with Crippen molar-refractivity contribution in [3.63, 3.8) is 0 Å². The molecule has 0 saturated carbocycles. The lowest BCUT2D eigenvalue weighted by Gasteiger charge is -2.30. The van der Waals surface area contributed by atoms with Crippen LogP contribution in [0.4, 0.5) is 5.82 Å². The molecule has 13 heteroatoms. The maximum Gasteiger partial charge on any atom is 0.303 e. The first-order valence-electron chi connectivity index (χ1n) is 10.9. The first-order chi connectivity index (χ1) is 17.4. The summed E-state index contributed by atoms with van der Waals surface area (Å²) < 4.78 is 20.6. The van der Waals surface area contributed by atoms with Crippen LogP contribution in [0.5, 0.6) is 0 Å². The molecule has 3 atom stereocenters. The second-order valence-electron chi connectivity index (χ2n) is 7.70. The van der Waals surface area contributed by atoms with Gasteiger partial charge in [0, 0.05) is 45.0 Å². The van der Waals surface area contributed by atoms with Gasteiger partial charge in [-0.15, -0.1) is 0 Å². The Morgan fingerprint density at radius 2 is 1.57 bits per heavy atom. The van der Waals surface area contributed by atoms with Crippen molar-refractivity contribution in [1.82, 2.24) is 4.98 Å². The van der Waals surface area contributed by atoms with Crippen LogP contribution in [0.3, 0.4) is 0 Å². The first kappa shape index (κ1) is 29.2. The monoisotopic (exact) mass is 535 g/mol. The van der Waals surface area contributed by atoms with Gasteiger partial charge in [0.05, 0.1) is 11.7 Å². The fraction of sp³-hybridized carbons (Fsp3) is 0.375. The molecule has 198 valence electrons. The van der Waals surface area contributed by atoms with E-state index in [1.807, 2.05) is 0 Å². The van der Waals surface area contributed by atoms with Crippen molar-refractivity contribution in [2.24, 2.45) is 5.10 Å². The summed E-state index contributed by atoms with van der Waals surface area (Å²) in [7, 11) is 0. The molecule has 0 aliphatic heterocycles. The third-order valence-corrected chi connectivity index (χ3v) is 4.78. The van der Waals surface area contributed by atoms with Crippen molar-refractivity contribution < 1.29 is 42.9 Å². The number of hydrogen-bond acceptors (Lipinski definition) is 11. The molecule has 1 amide bonds. The molecule has 2 rings (SSSR count).